The van der Waals surface area contributed by atoms with E-state index in [0.717, 1.165) is 12.8 Å². The van der Waals surface area contributed by atoms with Gasteiger partial charge in [-0.25, -0.2) is 0 Å². The van der Waals surface area contributed by atoms with E-state index in [9.17, 15) is 15.0 Å². The van der Waals surface area contributed by atoms with Crippen molar-refractivity contribution >= 4 is 5.78 Å². The van der Waals surface area contributed by atoms with Crippen LogP contribution in [-0.2, 0) is 0 Å². The van der Waals surface area contributed by atoms with E-state index in [2.05, 4.69) is 6.92 Å². The average Bonchev–Trinajstić information content (AvgIpc) is 2.64. The third-order valence-electron chi connectivity index (χ3n) is 3.98. The number of unbranched alkanes of at least 4 members (excludes halogenated alkanes) is 4. The van der Waals surface area contributed by atoms with Gasteiger partial charge in [0.15, 0.2) is 5.78 Å². The molecule has 2 N–H and O–H groups in total. The quantitative estimate of drug-likeness (QED) is 0.770. The number of rotatable bonds is 6. The maximum atomic E-state index is 12.2. The molecule has 3 nitrogen and oxygen atoms in total. The molecule has 3 heteroatoms. The van der Waals surface area contributed by atoms with E-state index in [4.69, 9.17) is 0 Å². The number of aromatic hydroxyl groups is 1. The van der Waals surface area contributed by atoms with Crippen molar-refractivity contribution in [3.63, 3.8) is 0 Å². The highest BCUT2D eigenvalue weighted by Crippen LogP contribution is 2.42. The molecule has 0 saturated carbocycles. The smallest absolute Gasteiger partial charge is 0.169 e. The monoisotopic (exact) mass is 262 g/mol. The van der Waals surface area contributed by atoms with Gasteiger partial charge < -0.3 is 10.2 Å². The number of aliphatic hydroxyl groups is 1. The number of phenols is 1. The molecule has 0 bridgehead atoms. The van der Waals surface area contributed by atoms with Crippen LogP contribution >= 0.6 is 0 Å². The highest BCUT2D eigenvalue weighted by Gasteiger charge is 2.39. The Balaban J connectivity index is 1.98. The van der Waals surface area contributed by atoms with Gasteiger partial charge in [0.05, 0.1) is 12.0 Å². The van der Waals surface area contributed by atoms with Crippen LogP contribution in [0.3, 0.4) is 0 Å². The summed E-state index contributed by atoms with van der Waals surface area (Å²) < 4.78 is 0. The second-order valence-corrected chi connectivity index (χ2v) is 5.36. The highest BCUT2D eigenvalue weighted by atomic mass is 16.3. The Morgan fingerprint density at radius 3 is 2.58 bits per heavy atom. The fraction of sp³-hybridized carbons (Fsp3) is 0.562. The first-order valence-corrected chi connectivity index (χ1v) is 7.21. The number of hydrogen-bond acceptors (Lipinski definition) is 3. The molecular formula is C16H22O3. The Kier molecular flexibility index (Phi) is 4.59. The van der Waals surface area contributed by atoms with Gasteiger partial charge in [-0.2, -0.15) is 0 Å². The average molecular weight is 262 g/mol. The number of carbonyl (C=O) groups excluding carboxylic acids is 1. The molecule has 0 radical (unpaired) electrons. The molecule has 104 valence electrons. The van der Waals surface area contributed by atoms with Gasteiger partial charge in [-0.3, -0.25) is 4.79 Å². The van der Waals surface area contributed by atoms with E-state index in [1.165, 1.54) is 25.3 Å². The lowest BCUT2D eigenvalue weighted by atomic mass is 9.95. The van der Waals surface area contributed by atoms with E-state index < -0.39 is 6.10 Å². The minimum absolute atomic E-state index is 0.0195. The van der Waals surface area contributed by atoms with Crippen LogP contribution < -0.4 is 0 Å². The van der Waals surface area contributed by atoms with E-state index in [0.29, 0.717) is 17.5 Å². The van der Waals surface area contributed by atoms with E-state index in [1.807, 2.05) is 0 Å². The van der Waals surface area contributed by atoms with Crippen molar-refractivity contribution in [1.29, 1.82) is 0 Å². The van der Waals surface area contributed by atoms with Gasteiger partial charge in [0.1, 0.15) is 5.75 Å². The third kappa shape index (κ3) is 2.81. The summed E-state index contributed by atoms with van der Waals surface area (Å²) in [6, 6.07) is 4.87. The first-order valence-electron chi connectivity index (χ1n) is 7.21. The Morgan fingerprint density at radius 2 is 1.89 bits per heavy atom. The van der Waals surface area contributed by atoms with Crippen LogP contribution in [0.25, 0.3) is 0 Å². The van der Waals surface area contributed by atoms with Gasteiger partial charge >= 0.3 is 0 Å². The zero-order valence-electron chi connectivity index (χ0n) is 11.4. The van der Waals surface area contributed by atoms with Gasteiger partial charge in [-0.05, 0) is 12.5 Å². The fourth-order valence-electron chi connectivity index (χ4n) is 2.88. The summed E-state index contributed by atoms with van der Waals surface area (Å²) in [4.78, 5) is 12.2. The van der Waals surface area contributed by atoms with Crippen molar-refractivity contribution < 1.29 is 15.0 Å². The molecule has 0 amide bonds. The lowest BCUT2D eigenvalue weighted by molar-refractivity contribution is 0.0729. The maximum absolute atomic E-state index is 12.2. The number of fused-ring (bicyclic) bond motifs is 1. The molecular weight excluding hydrogens is 240 g/mol. The molecule has 1 aliphatic carbocycles. The van der Waals surface area contributed by atoms with Gasteiger partial charge in [-0.1, -0.05) is 51.2 Å². The summed E-state index contributed by atoms with van der Waals surface area (Å²) in [5.74, 6) is -0.356. The second-order valence-electron chi connectivity index (χ2n) is 5.36. The summed E-state index contributed by atoms with van der Waals surface area (Å²) in [5.41, 5.74) is 0.914. The first-order chi connectivity index (χ1) is 9.16. The molecule has 0 aromatic heterocycles. The molecule has 19 heavy (non-hydrogen) atoms. The number of carbonyl (C=O) groups is 1. The lowest BCUT2D eigenvalue weighted by Gasteiger charge is -2.13. The van der Waals surface area contributed by atoms with Crippen molar-refractivity contribution in [2.75, 3.05) is 0 Å². The van der Waals surface area contributed by atoms with E-state index in [1.54, 1.807) is 12.1 Å². The predicted molar refractivity (Wildman–Crippen MR) is 74.3 cm³/mol. The van der Waals surface area contributed by atoms with E-state index in [-0.39, 0.29) is 17.5 Å². The highest BCUT2D eigenvalue weighted by molar-refractivity contribution is 6.03. The molecule has 1 aromatic carbocycles. The summed E-state index contributed by atoms with van der Waals surface area (Å²) in [5, 5.41) is 20.0. The van der Waals surface area contributed by atoms with Crippen LogP contribution in [-0.4, -0.2) is 16.0 Å². The Bertz CT molecular complexity index is 453. The molecule has 0 fully saturated rings. The second kappa shape index (κ2) is 6.20. The van der Waals surface area contributed by atoms with Crippen LogP contribution in [0.2, 0.25) is 0 Å². The predicted octanol–water partition coefficient (Wildman–Crippen LogP) is 3.60. The zero-order chi connectivity index (χ0) is 13.8. The molecule has 2 unspecified atom stereocenters. The van der Waals surface area contributed by atoms with Crippen LogP contribution in [0.5, 0.6) is 5.75 Å². The van der Waals surface area contributed by atoms with Crippen LogP contribution in [0, 0.1) is 5.92 Å². The van der Waals surface area contributed by atoms with Crippen molar-refractivity contribution in [2.24, 2.45) is 5.92 Å². The lowest BCUT2D eigenvalue weighted by Crippen LogP contribution is -2.13. The number of hydrogen-bond donors (Lipinski definition) is 2. The van der Waals surface area contributed by atoms with Gasteiger partial charge in [0.25, 0.3) is 0 Å². The molecule has 1 aromatic rings. The first kappa shape index (κ1) is 14.1. The molecule has 0 heterocycles. The summed E-state index contributed by atoms with van der Waals surface area (Å²) >= 11 is 0. The Hall–Kier alpha value is -1.35. The minimum atomic E-state index is -0.838. The molecule has 2 atom stereocenters. The summed E-state index contributed by atoms with van der Waals surface area (Å²) in [6.45, 7) is 2.17. The number of ketones is 1. The number of phenolic OH excluding ortho intramolecular Hbond substituents is 1. The number of Topliss-reactive ketones (excluding diaryl/α,β-unsaturated/α-hetero) is 1. The molecule has 2 rings (SSSR count). The number of aliphatic hydroxyl groups excluding tert-OH is 1. The summed E-state index contributed by atoms with van der Waals surface area (Å²) in [7, 11) is 0. The van der Waals surface area contributed by atoms with Gasteiger partial charge in [0.2, 0.25) is 0 Å². The van der Waals surface area contributed by atoms with E-state index >= 15 is 0 Å². The minimum Gasteiger partial charge on any atom is -0.508 e. The van der Waals surface area contributed by atoms with Crippen LogP contribution in [0.4, 0.5) is 0 Å². The number of benzene rings is 1. The standard InChI is InChI=1S/C16H22O3/c1-2-3-4-5-6-8-12-15(18)11-9-7-10-13(17)14(11)16(12)19/h7,9-10,12,16-17,19H,2-6,8H2,1H3. The third-order valence-corrected chi connectivity index (χ3v) is 3.98. The molecule has 0 aliphatic heterocycles. The van der Waals surface area contributed by atoms with Crippen LogP contribution in [0.15, 0.2) is 18.2 Å². The van der Waals surface area contributed by atoms with Crippen LogP contribution in [0.1, 0.15) is 67.5 Å². The Labute approximate surface area is 114 Å². The van der Waals surface area contributed by atoms with Crippen molar-refractivity contribution in [2.45, 2.75) is 51.6 Å². The fourth-order valence-corrected chi connectivity index (χ4v) is 2.88. The summed E-state index contributed by atoms with van der Waals surface area (Å²) in [6.07, 6.45) is 5.54. The van der Waals surface area contributed by atoms with Gasteiger partial charge in [-0.15, -0.1) is 0 Å². The van der Waals surface area contributed by atoms with Crippen molar-refractivity contribution in [3.8, 4) is 5.75 Å². The molecule has 0 saturated heterocycles. The SMILES string of the molecule is CCCCCCCC1C(=O)c2cccc(O)c2C1O. The maximum Gasteiger partial charge on any atom is 0.169 e. The molecule has 1 aliphatic rings. The topological polar surface area (TPSA) is 57.5 Å². The zero-order valence-corrected chi connectivity index (χ0v) is 11.4. The normalized spacial score (nSPS) is 21.7. The van der Waals surface area contributed by atoms with Gasteiger partial charge in [0, 0.05) is 11.1 Å². The largest absolute Gasteiger partial charge is 0.508 e. The Morgan fingerprint density at radius 1 is 1.16 bits per heavy atom. The molecule has 0 spiro atoms. The van der Waals surface area contributed by atoms with Crippen molar-refractivity contribution in [1.82, 2.24) is 0 Å². The van der Waals surface area contributed by atoms with Crippen molar-refractivity contribution in [3.05, 3.63) is 29.3 Å².